The zero-order valence-electron chi connectivity index (χ0n) is 11.7. The SMILES string of the molecule is C=C(C(=O)c1cc2ccccc2s1)c1ccc2c(c1)OCO2. The lowest BCUT2D eigenvalue weighted by molar-refractivity contribution is 0.106. The molecule has 4 heteroatoms. The van der Waals surface area contributed by atoms with E-state index in [1.54, 1.807) is 12.1 Å². The predicted octanol–water partition coefficient (Wildman–Crippen LogP) is 4.53. The summed E-state index contributed by atoms with van der Waals surface area (Å²) in [5.74, 6) is 1.30. The number of thiophene rings is 1. The van der Waals surface area contributed by atoms with Gasteiger partial charge in [-0.3, -0.25) is 4.79 Å². The van der Waals surface area contributed by atoms with Crippen molar-refractivity contribution in [2.24, 2.45) is 0 Å². The Kier molecular flexibility index (Phi) is 2.98. The van der Waals surface area contributed by atoms with Crippen LogP contribution in [0.25, 0.3) is 15.7 Å². The molecule has 2 aromatic carbocycles. The molecular formula is C18H12O3S. The Labute approximate surface area is 131 Å². The second-order valence-electron chi connectivity index (χ2n) is 5.02. The highest BCUT2D eigenvalue weighted by atomic mass is 32.1. The summed E-state index contributed by atoms with van der Waals surface area (Å²) in [6.45, 7) is 4.18. The minimum atomic E-state index is -0.0555. The molecule has 0 unspecified atom stereocenters. The number of ketones is 1. The van der Waals surface area contributed by atoms with Gasteiger partial charge in [-0.2, -0.15) is 0 Å². The third-order valence-electron chi connectivity index (χ3n) is 3.64. The summed E-state index contributed by atoms with van der Waals surface area (Å²) in [4.78, 5) is 13.4. The number of hydrogen-bond acceptors (Lipinski definition) is 4. The fraction of sp³-hybridized carbons (Fsp3) is 0.0556. The number of allylic oxidation sites excluding steroid dienone is 1. The number of benzene rings is 2. The number of carbonyl (C=O) groups excluding carboxylic acids is 1. The maximum Gasteiger partial charge on any atom is 0.231 e. The molecular weight excluding hydrogens is 296 g/mol. The lowest BCUT2D eigenvalue weighted by atomic mass is 10.0. The Morgan fingerprint density at radius 2 is 1.86 bits per heavy atom. The van der Waals surface area contributed by atoms with Crippen molar-refractivity contribution >= 4 is 32.8 Å². The summed E-state index contributed by atoms with van der Waals surface area (Å²) in [7, 11) is 0. The van der Waals surface area contributed by atoms with Gasteiger partial charge < -0.3 is 9.47 Å². The van der Waals surface area contributed by atoms with Crippen LogP contribution in [0.4, 0.5) is 0 Å². The van der Waals surface area contributed by atoms with E-state index in [0.717, 1.165) is 15.6 Å². The first-order valence-electron chi connectivity index (χ1n) is 6.84. The van der Waals surface area contributed by atoms with Crippen molar-refractivity contribution in [1.29, 1.82) is 0 Å². The van der Waals surface area contributed by atoms with Crippen LogP contribution in [0.3, 0.4) is 0 Å². The van der Waals surface area contributed by atoms with Crippen LogP contribution in [0.2, 0.25) is 0 Å². The van der Waals surface area contributed by atoms with Crippen LogP contribution in [-0.2, 0) is 0 Å². The molecule has 3 nitrogen and oxygen atoms in total. The van der Waals surface area contributed by atoms with Crippen LogP contribution < -0.4 is 9.47 Å². The average Bonchev–Trinajstić information content (AvgIpc) is 3.18. The lowest BCUT2D eigenvalue weighted by Crippen LogP contribution is -1.99. The van der Waals surface area contributed by atoms with Crippen molar-refractivity contribution < 1.29 is 14.3 Å². The summed E-state index contributed by atoms with van der Waals surface area (Å²) >= 11 is 1.49. The number of hydrogen-bond donors (Lipinski definition) is 0. The van der Waals surface area contributed by atoms with E-state index in [2.05, 4.69) is 6.58 Å². The van der Waals surface area contributed by atoms with Gasteiger partial charge in [-0.05, 0) is 35.2 Å². The Balaban J connectivity index is 1.68. The molecule has 0 amide bonds. The molecule has 0 N–H and O–H groups in total. The van der Waals surface area contributed by atoms with Gasteiger partial charge in [-0.1, -0.05) is 30.8 Å². The number of rotatable bonds is 3. The van der Waals surface area contributed by atoms with E-state index in [-0.39, 0.29) is 12.6 Å². The zero-order chi connectivity index (χ0) is 15.1. The summed E-state index contributed by atoms with van der Waals surface area (Å²) < 4.78 is 11.7. The van der Waals surface area contributed by atoms with Gasteiger partial charge in [0.2, 0.25) is 12.6 Å². The zero-order valence-corrected chi connectivity index (χ0v) is 12.5. The van der Waals surface area contributed by atoms with Crippen molar-refractivity contribution in [3.8, 4) is 11.5 Å². The van der Waals surface area contributed by atoms with E-state index >= 15 is 0 Å². The summed E-state index contributed by atoms with van der Waals surface area (Å²) in [5, 5.41) is 1.08. The third-order valence-corrected chi connectivity index (χ3v) is 4.76. The van der Waals surface area contributed by atoms with Crippen LogP contribution in [0.5, 0.6) is 11.5 Å². The van der Waals surface area contributed by atoms with Gasteiger partial charge in [0, 0.05) is 10.3 Å². The highest BCUT2D eigenvalue weighted by Crippen LogP contribution is 2.35. The van der Waals surface area contributed by atoms with Crippen LogP contribution in [0.1, 0.15) is 15.2 Å². The third kappa shape index (κ3) is 2.09. The van der Waals surface area contributed by atoms with Crippen LogP contribution in [-0.4, -0.2) is 12.6 Å². The normalized spacial score (nSPS) is 12.5. The van der Waals surface area contributed by atoms with Crippen molar-refractivity contribution in [2.75, 3.05) is 6.79 Å². The van der Waals surface area contributed by atoms with Crippen molar-refractivity contribution in [2.45, 2.75) is 0 Å². The first-order valence-corrected chi connectivity index (χ1v) is 7.66. The van der Waals surface area contributed by atoms with Gasteiger partial charge in [0.15, 0.2) is 11.5 Å². The number of fused-ring (bicyclic) bond motifs is 2. The Morgan fingerprint density at radius 3 is 2.73 bits per heavy atom. The standard InChI is InChI=1S/C18H12O3S/c1-11(12-6-7-14-15(8-12)21-10-20-14)18(19)17-9-13-4-2-3-5-16(13)22-17/h2-9H,1,10H2. The highest BCUT2D eigenvalue weighted by molar-refractivity contribution is 7.21. The second-order valence-corrected chi connectivity index (χ2v) is 6.11. The van der Waals surface area contributed by atoms with E-state index in [4.69, 9.17) is 9.47 Å². The van der Waals surface area contributed by atoms with Gasteiger partial charge in [0.05, 0.1) is 4.88 Å². The quantitative estimate of drug-likeness (QED) is 0.527. The molecule has 0 bridgehead atoms. The molecule has 108 valence electrons. The number of ether oxygens (including phenoxy) is 2. The monoisotopic (exact) mass is 308 g/mol. The van der Waals surface area contributed by atoms with Gasteiger partial charge >= 0.3 is 0 Å². The molecule has 0 atom stereocenters. The van der Waals surface area contributed by atoms with Crippen molar-refractivity contribution in [3.63, 3.8) is 0 Å². The molecule has 0 saturated carbocycles. The smallest absolute Gasteiger partial charge is 0.231 e. The van der Waals surface area contributed by atoms with Gasteiger partial charge in [0.1, 0.15) is 0 Å². The first-order chi connectivity index (χ1) is 10.7. The highest BCUT2D eigenvalue weighted by Gasteiger charge is 2.19. The van der Waals surface area contributed by atoms with E-state index < -0.39 is 0 Å². The fourth-order valence-electron chi connectivity index (χ4n) is 2.46. The fourth-order valence-corrected chi connectivity index (χ4v) is 3.49. The van der Waals surface area contributed by atoms with E-state index in [1.807, 2.05) is 36.4 Å². The Hall–Kier alpha value is -2.59. The first kappa shape index (κ1) is 13.1. The lowest BCUT2D eigenvalue weighted by Gasteiger charge is -2.04. The van der Waals surface area contributed by atoms with E-state index in [1.165, 1.54) is 11.3 Å². The molecule has 1 aliphatic heterocycles. The number of carbonyl (C=O) groups is 1. The number of Topliss-reactive ketones (excluding diaryl/α,β-unsaturated/α-hetero) is 1. The molecule has 4 rings (SSSR count). The largest absolute Gasteiger partial charge is 0.454 e. The molecule has 22 heavy (non-hydrogen) atoms. The second kappa shape index (κ2) is 5.00. The van der Waals surface area contributed by atoms with Crippen molar-refractivity contribution in [3.05, 3.63) is 65.6 Å². The van der Waals surface area contributed by atoms with Gasteiger partial charge in [0.25, 0.3) is 0 Å². The minimum Gasteiger partial charge on any atom is -0.454 e. The van der Waals surface area contributed by atoms with Crippen LogP contribution in [0.15, 0.2) is 55.1 Å². The average molecular weight is 308 g/mol. The Bertz CT molecular complexity index is 875. The molecule has 0 aliphatic carbocycles. The van der Waals surface area contributed by atoms with E-state index in [9.17, 15) is 4.79 Å². The Morgan fingerprint density at radius 1 is 1.05 bits per heavy atom. The van der Waals surface area contributed by atoms with Gasteiger partial charge in [-0.15, -0.1) is 11.3 Å². The van der Waals surface area contributed by atoms with Crippen molar-refractivity contribution in [1.82, 2.24) is 0 Å². The summed E-state index contributed by atoms with van der Waals surface area (Å²) in [5.41, 5.74) is 1.22. The predicted molar refractivity (Wildman–Crippen MR) is 87.8 cm³/mol. The maximum atomic E-state index is 12.7. The molecule has 3 aromatic rings. The molecule has 2 heterocycles. The molecule has 0 fully saturated rings. The minimum absolute atomic E-state index is 0.0555. The molecule has 1 aliphatic rings. The summed E-state index contributed by atoms with van der Waals surface area (Å²) in [6, 6.07) is 15.3. The molecule has 0 spiro atoms. The molecule has 1 aromatic heterocycles. The van der Waals surface area contributed by atoms with Crippen LogP contribution in [0, 0.1) is 0 Å². The molecule has 0 radical (unpaired) electrons. The topological polar surface area (TPSA) is 35.5 Å². The summed E-state index contributed by atoms with van der Waals surface area (Å²) in [6.07, 6.45) is 0. The van der Waals surface area contributed by atoms with Gasteiger partial charge in [-0.25, -0.2) is 0 Å². The van der Waals surface area contributed by atoms with E-state index in [0.29, 0.717) is 21.9 Å². The molecule has 0 saturated heterocycles. The maximum absolute atomic E-state index is 12.7. The van der Waals surface area contributed by atoms with Crippen LogP contribution >= 0.6 is 11.3 Å².